The number of nitrogens with zero attached hydrogens (tertiary/aromatic N) is 3. The molecule has 0 radical (unpaired) electrons. The lowest BCUT2D eigenvalue weighted by Gasteiger charge is -2.35. The van der Waals surface area contributed by atoms with Gasteiger partial charge >= 0.3 is 0 Å². The summed E-state index contributed by atoms with van der Waals surface area (Å²) < 4.78 is 5.04. The Kier molecular flexibility index (Phi) is 4.24. The van der Waals surface area contributed by atoms with Crippen LogP contribution in [-0.2, 0) is 4.79 Å². The van der Waals surface area contributed by atoms with Gasteiger partial charge < -0.3 is 4.52 Å². The molecule has 0 aliphatic carbocycles. The lowest BCUT2D eigenvalue weighted by Crippen LogP contribution is -2.46. The number of aromatic amines is 1. The normalized spacial score (nSPS) is 20.7. The number of rotatable bonds is 4. The lowest BCUT2D eigenvalue weighted by molar-refractivity contribution is -0.121. The molecule has 0 aromatic carbocycles. The van der Waals surface area contributed by atoms with Crippen molar-refractivity contribution < 1.29 is 9.32 Å². The number of H-pyrrole nitrogens is 1. The number of hydrogen-bond acceptors (Lipinski definition) is 5. The van der Waals surface area contributed by atoms with Crippen molar-refractivity contribution in [1.82, 2.24) is 20.3 Å². The molecule has 1 saturated heterocycles. The van der Waals surface area contributed by atoms with Crippen molar-refractivity contribution in [3.05, 3.63) is 29.7 Å². The summed E-state index contributed by atoms with van der Waals surface area (Å²) in [6, 6.07) is 3.51. The molecule has 2 aromatic heterocycles. The lowest BCUT2D eigenvalue weighted by atomic mass is 9.94. The minimum Gasteiger partial charge on any atom is -0.338 e. The number of carbonyl (C=O) groups excluding carboxylic acids is 1. The molecule has 3 rings (SSSR count). The molecule has 7 heteroatoms. The van der Waals surface area contributed by atoms with Crippen molar-refractivity contribution in [2.24, 2.45) is 0 Å². The molecular weight excluding hydrogens is 282 g/mol. The van der Waals surface area contributed by atoms with Crippen LogP contribution in [0.2, 0.25) is 0 Å². The van der Waals surface area contributed by atoms with Gasteiger partial charge in [0, 0.05) is 30.4 Å². The van der Waals surface area contributed by atoms with Gasteiger partial charge in [0.05, 0.1) is 11.7 Å². The fourth-order valence-electron chi connectivity index (χ4n) is 2.92. The van der Waals surface area contributed by atoms with Crippen molar-refractivity contribution in [3.8, 4) is 0 Å². The van der Waals surface area contributed by atoms with Crippen molar-refractivity contribution >= 4 is 11.8 Å². The van der Waals surface area contributed by atoms with E-state index in [2.05, 4.69) is 25.6 Å². The van der Waals surface area contributed by atoms with E-state index < -0.39 is 0 Å². The molecule has 7 nitrogen and oxygen atoms in total. The van der Waals surface area contributed by atoms with Crippen LogP contribution in [0.4, 0.5) is 5.88 Å². The molecule has 1 fully saturated rings. The Hall–Kier alpha value is -2.15. The van der Waals surface area contributed by atoms with E-state index in [1.165, 1.54) is 0 Å². The van der Waals surface area contributed by atoms with Crippen LogP contribution in [0, 0.1) is 6.92 Å². The van der Waals surface area contributed by atoms with Crippen molar-refractivity contribution in [1.29, 1.82) is 0 Å². The van der Waals surface area contributed by atoms with E-state index in [4.69, 9.17) is 4.52 Å². The Bertz CT molecular complexity index is 622. The van der Waals surface area contributed by atoms with Gasteiger partial charge in [-0.15, -0.1) is 0 Å². The molecular formula is C15H21N5O2. The molecule has 0 bridgehead atoms. The quantitative estimate of drug-likeness (QED) is 0.901. The molecule has 118 valence electrons. The van der Waals surface area contributed by atoms with Crippen LogP contribution in [0.1, 0.15) is 37.1 Å². The molecule has 2 unspecified atom stereocenters. The maximum Gasteiger partial charge on any atom is 0.243 e. The summed E-state index contributed by atoms with van der Waals surface area (Å²) in [6.45, 7) is 5.52. The fraction of sp³-hybridized carbons (Fsp3) is 0.533. The summed E-state index contributed by atoms with van der Waals surface area (Å²) in [4.78, 5) is 14.6. The zero-order valence-electron chi connectivity index (χ0n) is 12.9. The predicted molar refractivity (Wildman–Crippen MR) is 81.5 cm³/mol. The second-order valence-electron chi connectivity index (χ2n) is 5.84. The van der Waals surface area contributed by atoms with Crippen molar-refractivity contribution in [3.63, 3.8) is 0 Å². The second kappa shape index (κ2) is 6.31. The zero-order valence-corrected chi connectivity index (χ0v) is 12.9. The average Bonchev–Trinajstić information content (AvgIpc) is 3.18. The molecule has 0 saturated carbocycles. The highest BCUT2D eigenvalue weighted by Crippen LogP contribution is 2.26. The van der Waals surface area contributed by atoms with Crippen LogP contribution < -0.4 is 5.32 Å². The first-order chi connectivity index (χ1) is 10.6. The summed E-state index contributed by atoms with van der Waals surface area (Å²) in [5.41, 5.74) is 1.89. The standard InChI is InChI=1S/C15H21N5O2/c1-10-8-14(22-19-10)17-15(21)11(2)20-7-3-4-12(9-20)13-5-6-16-18-13/h5-6,8,11-12H,3-4,7,9H2,1-2H3,(H,16,18)(H,17,21). The second-order valence-corrected chi connectivity index (χ2v) is 5.84. The van der Waals surface area contributed by atoms with E-state index in [9.17, 15) is 4.79 Å². The number of anilines is 1. The summed E-state index contributed by atoms with van der Waals surface area (Å²) >= 11 is 0. The fourth-order valence-corrected chi connectivity index (χ4v) is 2.92. The summed E-state index contributed by atoms with van der Waals surface area (Å²) in [6.07, 6.45) is 3.97. The summed E-state index contributed by atoms with van der Waals surface area (Å²) in [7, 11) is 0. The monoisotopic (exact) mass is 303 g/mol. The smallest absolute Gasteiger partial charge is 0.243 e. The van der Waals surface area contributed by atoms with Crippen molar-refractivity contribution in [2.45, 2.75) is 38.6 Å². The number of aromatic nitrogens is 3. The highest BCUT2D eigenvalue weighted by atomic mass is 16.5. The van der Waals surface area contributed by atoms with E-state index in [-0.39, 0.29) is 11.9 Å². The number of likely N-dealkylation sites (tertiary alicyclic amines) is 1. The Morgan fingerprint density at radius 3 is 3.14 bits per heavy atom. The van der Waals surface area contributed by atoms with Crippen LogP contribution in [-0.4, -0.2) is 45.3 Å². The minimum atomic E-state index is -0.212. The first-order valence-corrected chi connectivity index (χ1v) is 7.61. The number of piperidine rings is 1. The van der Waals surface area contributed by atoms with Gasteiger partial charge in [0.15, 0.2) is 0 Å². The molecule has 0 spiro atoms. The summed E-state index contributed by atoms with van der Waals surface area (Å²) in [5.74, 6) is 0.733. The van der Waals surface area contributed by atoms with Gasteiger partial charge in [0.1, 0.15) is 0 Å². The first kappa shape index (κ1) is 14.8. The van der Waals surface area contributed by atoms with Crippen LogP contribution in [0.3, 0.4) is 0 Å². The molecule has 2 aromatic rings. The Labute approximate surface area is 129 Å². The molecule has 1 aliphatic heterocycles. The summed E-state index contributed by atoms with van der Waals surface area (Å²) in [5, 5.41) is 13.6. The van der Waals surface area contributed by atoms with Gasteiger partial charge in [-0.05, 0) is 39.3 Å². The highest BCUT2D eigenvalue weighted by molar-refractivity contribution is 5.93. The van der Waals surface area contributed by atoms with Gasteiger partial charge in [-0.1, -0.05) is 5.16 Å². The van der Waals surface area contributed by atoms with E-state index in [0.29, 0.717) is 11.8 Å². The van der Waals surface area contributed by atoms with Crippen LogP contribution >= 0.6 is 0 Å². The SMILES string of the molecule is Cc1cc(NC(=O)C(C)N2CCCC(c3ccn[nH]3)C2)on1. The van der Waals surface area contributed by atoms with Crippen LogP contribution in [0.15, 0.2) is 22.9 Å². The maximum absolute atomic E-state index is 12.4. The van der Waals surface area contributed by atoms with Gasteiger partial charge in [0.25, 0.3) is 0 Å². The minimum absolute atomic E-state index is 0.0681. The van der Waals surface area contributed by atoms with Crippen LogP contribution in [0.5, 0.6) is 0 Å². The number of hydrogen-bond donors (Lipinski definition) is 2. The van der Waals surface area contributed by atoms with E-state index >= 15 is 0 Å². The molecule has 22 heavy (non-hydrogen) atoms. The van der Waals surface area contributed by atoms with Crippen LogP contribution in [0.25, 0.3) is 0 Å². The number of nitrogens with one attached hydrogen (secondary N) is 2. The third-order valence-corrected chi connectivity index (χ3v) is 4.22. The van der Waals surface area contributed by atoms with Gasteiger partial charge in [0.2, 0.25) is 11.8 Å². The zero-order chi connectivity index (χ0) is 15.5. The molecule has 3 heterocycles. The van der Waals surface area contributed by atoms with Gasteiger partial charge in [-0.3, -0.25) is 20.1 Å². The average molecular weight is 303 g/mol. The Morgan fingerprint density at radius 1 is 1.59 bits per heavy atom. The molecule has 2 N–H and O–H groups in total. The van der Waals surface area contributed by atoms with Gasteiger partial charge in [-0.25, -0.2) is 0 Å². The predicted octanol–water partition coefficient (Wildman–Crippen LogP) is 1.91. The Morgan fingerprint density at radius 2 is 2.45 bits per heavy atom. The topological polar surface area (TPSA) is 87.0 Å². The number of aryl methyl sites for hydroxylation is 1. The number of carbonyl (C=O) groups is 1. The molecule has 2 atom stereocenters. The van der Waals surface area contributed by atoms with E-state index in [1.807, 2.05) is 19.9 Å². The van der Waals surface area contributed by atoms with E-state index in [0.717, 1.165) is 37.3 Å². The largest absolute Gasteiger partial charge is 0.338 e. The third-order valence-electron chi connectivity index (χ3n) is 4.22. The maximum atomic E-state index is 12.4. The van der Waals surface area contributed by atoms with Crippen molar-refractivity contribution in [2.75, 3.05) is 18.4 Å². The number of amides is 1. The molecule has 1 amide bonds. The Balaban J connectivity index is 1.61. The molecule has 1 aliphatic rings. The first-order valence-electron chi connectivity index (χ1n) is 7.61. The van der Waals surface area contributed by atoms with Gasteiger partial charge in [-0.2, -0.15) is 5.10 Å². The third kappa shape index (κ3) is 3.19. The highest BCUT2D eigenvalue weighted by Gasteiger charge is 2.29. The van der Waals surface area contributed by atoms with E-state index in [1.54, 1.807) is 12.3 Å².